The average Bonchev–Trinajstić information content (AvgIpc) is 2.85. The monoisotopic (exact) mass is 494 g/mol. The number of benzene rings is 1. The molecule has 0 spiro atoms. The molecule has 0 aliphatic heterocycles. The van der Waals surface area contributed by atoms with Gasteiger partial charge in [-0.15, -0.1) is 13.2 Å². The second-order valence-corrected chi connectivity index (χ2v) is 11.7. The van der Waals surface area contributed by atoms with Crippen molar-refractivity contribution in [3.05, 3.63) is 29.8 Å². The number of unbranched alkanes of at least 4 members (excludes halogenated alkanes) is 6. The first-order valence-electron chi connectivity index (χ1n) is 14.7. The molecule has 0 atom stereocenters. The molecule has 35 heavy (non-hydrogen) atoms. The van der Waals surface area contributed by atoms with Crippen molar-refractivity contribution in [3.63, 3.8) is 0 Å². The first kappa shape index (κ1) is 28.4. The van der Waals surface area contributed by atoms with E-state index >= 15 is 0 Å². The van der Waals surface area contributed by atoms with Crippen LogP contribution in [0.4, 0.5) is 13.2 Å². The third-order valence-corrected chi connectivity index (χ3v) is 9.10. The summed E-state index contributed by atoms with van der Waals surface area (Å²) in [5.41, 5.74) is 1.93. The maximum atomic E-state index is 12.6. The van der Waals surface area contributed by atoms with E-state index in [0.29, 0.717) is 5.41 Å². The van der Waals surface area contributed by atoms with Gasteiger partial charge < -0.3 is 4.74 Å². The van der Waals surface area contributed by atoms with Gasteiger partial charge in [-0.1, -0.05) is 109 Å². The molecule has 2 aliphatic rings. The van der Waals surface area contributed by atoms with Gasteiger partial charge in [-0.3, -0.25) is 0 Å². The van der Waals surface area contributed by atoms with E-state index in [9.17, 15) is 13.2 Å². The van der Waals surface area contributed by atoms with Crippen LogP contribution in [0.15, 0.2) is 24.3 Å². The van der Waals surface area contributed by atoms with E-state index in [2.05, 4.69) is 11.7 Å². The second-order valence-electron chi connectivity index (χ2n) is 11.7. The van der Waals surface area contributed by atoms with Gasteiger partial charge in [0, 0.05) is 0 Å². The number of hydrogen-bond donors (Lipinski definition) is 0. The highest BCUT2D eigenvalue weighted by Gasteiger charge is 2.35. The normalized spacial score (nSPS) is 20.0. The number of hydrogen-bond acceptors (Lipinski definition) is 1. The minimum absolute atomic E-state index is 0.110. The highest BCUT2D eigenvalue weighted by molar-refractivity contribution is 5.33. The third-order valence-electron chi connectivity index (χ3n) is 9.10. The van der Waals surface area contributed by atoms with Crippen molar-refractivity contribution >= 4 is 0 Å². The Morgan fingerprint density at radius 2 is 1.17 bits per heavy atom. The molecule has 0 N–H and O–H groups in total. The van der Waals surface area contributed by atoms with Crippen LogP contribution < -0.4 is 4.74 Å². The minimum atomic E-state index is -4.63. The van der Waals surface area contributed by atoms with Crippen LogP contribution in [0.3, 0.4) is 0 Å². The fourth-order valence-electron chi connectivity index (χ4n) is 7.09. The molecule has 200 valence electrons. The van der Waals surface area contributed by atoms with Gasteiger partial charge in [0.1, 0.15) is 5.75 Å². The second kappa shape index (κ2) is 13.9. The summed E-state index contributed by atoms with van der Waals surface area (Å²) >= 11 is 0. The lowest BCUT2D eigenvalue weighted by molar-refractivity contribution is -0.274. The Labute approximate surface area is 212 Å². The van der Waals surface area contributed by atoms with Gasteiger partial charge in [0.05, 0.1) is 0 Å². The van der Waals surface area contributed by atoms with E-state index in [1.807, 2.05) is 12.1 Å². The Morgan fingerprint density at radius 3 is 1.77 bits per heavy atom. The van der Waals surface area contributed by atoms with Gasteiger partial charge in [-0.25, -0.2) is 0 Å². The van der Waals surface area contributed by atoms with Crippen LogP contribution in [0.2, 0.25) is 0 Å². The smallest absolute Gasteiger partial charge is 0.406 e. The molecule has 3 rings (SSSR count). The van der Waals surface area contributed by atoms with Crippen LogP contribution >= 0.6 is 0 Å². The molecule has 0 radical (unpaired) electrons. The molecule has 2 saturated carbocycles. The van der Waals surface area contributed by atoms with Crippen LogP contribution in [0.5, 0.6) is 5.75 Å². The van der Waals surface area contributed by atoms with Gasteiger partial charge in [0.15, 0.2) is 0 Å². The lowest BCUT2D eigenvalue weighted by Crippen LogP contribution is -2.29. The molecular weight excluding hydrogens is 445 g/mol. The van der Waals surface area contributed by atoms with Gasteiger partial charge in [-0.2, -0.15) is 0 Å². The van der Waals surface area contributed by atoms with E-state index in [1.54, 1.807) is 0 Å². The quantitative estimate of drug-likeness (QED) is 0.234. The standard InChI is InChI=1S/C31H49F3O/c1-2-3-4-5-6-9-20-29(21-10-7-11-22-29)23-14-15-26-30(24-12-8-13-25-30)27-16-18-28(19-17-27)35-31(32,33)34/h16-19H,2-15,20-26H2,1H3. The van der Waals surface area contributed by atoms with E-state index in [4.69, 9.17) is 0 Å². The Hall–Kier alpha value is -1.19. The van der Waals surface area contributed by atoms with Crippen molar-refractivity contribution in [1.29, 1.82) is 0 Å². The molecule has 1 aromatic carbocycles. The first-order valence-corrected chi connectivity index (χ1v) is 14.7. The maximum Gasteiger partial charge on any atom is 0.573 e. The van der Waals surface area contributed by atoms with Crippen molar-refractivity contribution < 1.29 is 17.9 Å². The fourth-order valence-corrected chi connectivity index (χ4v) is 7.09. The lowest BCUT2D eigenvalue weighted by atomic mass is 9.65. The zero-order valence-electron chi connectivity index (χ0n) is 22.2. The predicted octanol–water partition coefficient (Wildman–Crippen LogP) is 11.0. The van der Waals surface area contributed by atoms with Gasteiger partial charge in [-0.05, 0) is 73.5 Å². The highest BCUT2D eigenvalue weighted by Crippen LogP contribution is 2.47. The van der Waals surface area contributed by atoms with Crippen LogP contribution in [0.25, 0.3) is 0 Å². The largest absolute Gasteiger partial charge is 0.573 e. The average molecular weight is 495 g/mol. The topological polar surface area (TPSA) is 9.23 Å². The Balaban J connectivity index is 1.53. The predicted molar refractivity (Wildman–Crippen MR) is 140 cm³/mol. The van der Waals surface area contributed by atoms with Crippen molar-refractivity contribution in [2.45, 2.75) is 154 Å². The highest BCUT2D eigenvalue weighted by atomic mass is 19.4. The molecule has 0 heterocycles. The van der Waals surface area contributed by atoms with Gasteiger partial charge >= 0.3 is 6.36 Å². The SMILES string of the molecule is CCCCCCCCC1(CCCCC2(c3ccc(OC(F)(F)F)cc3)CCCCC2)CCCCC1. The molecule has 0 unspecified atom stereocenters. The molecule has 2 fully saturated rings. The van der Waals surface area contributed by atoms with Crippen LogP contribution in [-0.2, 0) is 5.41 Å². The molecule has 1 nitrogen and oxygen atoms in total. The number of ether oxygens (including phenoxy) is 1. The van der Waals surface area contributed by atoms with Crippen molar-refractivity contribution in [2.75, 3.05) is 0 Å². The Bertz CT molecular complexity index is 697. The van der Waals surface area contributed by atoms with E-state index in [-0.39, 0.29) is 11.2 Å². The van der Waals surface area contributed by atoms with Crippen molar-refractivity contribution in [2.24, 2.45) is 5.41 Å². The fraction of sp³-hybridized carbons (Fsp3) is 0.806. The van der Waals surface area contributed by atoms with Crippen LogP contribution in [0, 0.1) is 5.41 Å². The Morgan fingerprint density at radius 1 is 0.657 bits per heavy atom. The summed E-state index contributed by atoms with van der Waals surface area (Å²) in [5.74, 6) is -0.110. The molecular formula is C31H49F3O. The number of rotatable bonds is 14. The van der Waals surface area contributed by atoms with Crippen LogP contribution in [0.1, 0.15) is 147 Å². The summed E-state index contributed by atoms with van der Waals surface area (Å²) in [7, 11) is 0. The number of halogens is 3. The number of alkyl halides is 3. The van der Waals surface area contributed by atoms with E-state index in [1.165, 1.54) is 140 Å². The summed E-state index contributed by atoms with van der Waals surface area (Å²) < 4.78 is 41.9. The molecule has 0 amide bonds. The zero-order chi connectivity index (χ0) is 25.0. The zero-order valence-corrected chi connectivity index (χ0v) is 22.2. The summed E-state index contributed by atoms with van der Waals surface area (Å²) in [5, 5.41) is 0. The van der Waals surface area contributed by atoms with Crippen LogP contribution in [-0.4, -0.2) is 6.36 Å². The lowest BCUT2D eigenvalue weighted by Gasteiger charge is -2.40. The molecule has 1 aromatic rings. The van der Waals surface area contributed by atoms with Gasteiger partial charge in [0.25, 0.3) is 0 Å². The summed E-state index contributed by atoms with van der Waals surface area (Å²) in [6, 6.07) is 6.81. The first-order chi connectivity index (χ1) is 16.9. The third kappa shape index (κ3) is 9.32. The molecule has 0 aromatic heterocycles. The summed E-state index contributed by atoms with van der Waals surface area (Å²) in [6.45, 7) is 2.28. The van der Waals surface area contributed by atoms with Gasteiger partial charge in [0.2, 0.25) is 0 Å². The maximum absolute atomic E-state index is 12.6. The summed E-state index contributed by atoms with van der Waals surface area (Å²) in [4.78, 5) is 0. The van der Waals surface area contributed by atoms with E-state index in [0.717, 1.165) is 12.8 Å². The summed E-state index contributed by atoms with van der Waals surface area (Å²) in [6.07, 6.45) is 23.3. The van der Waals surface area contributed by atoms with E-state index < -0.39 is 6.36 Å². The van der Waals surface area contributed by atoms with Crippen molar-refractivity contribution in [1.82, 2.24) is 0 Å². The molecule has 0 saturated heterocycles. The Kier molecular flexibility index (Phi) is 11.3. The molecule has 4 heteroatoms. The van der Waals surface area contributed by atoms with Crippen molar-refractivity contribution in [3.8, 4) is 5.75 Å². The molecule has 2 aliphatic carbocycles. The minimum Gasteiger partial charge on any atom is -0.406 e. The molecule has 0 bridgehead atoms.